The Morgan fingerprint density at radius 2 is 1.35 bits per heavy atom. The zero-order valence-corrected chi connectivity index (χ0v) is 16.0. The average Bonchev–Trinajstić information content (AvgIpc) is 2.60. The first-order valence-electron chi connectivity index (χ1n) is 9.08. The highest BCUT2D eigenvalue weighted by Gasteiger charge is 2.41. The first-order valence-corrected chi connectivity index (χ1v) is 9.08. The number of hydrogen-bond acceptors (Lipinski definition) is 7. The third-order valence-corrected chi connectivity index (χ3v) is 3.63. The maximum atomic E-state index is 12.4. The highest BCUT2D eigenvalue weighted by molar-refractivity contribution is 5.88. The minimum absolute atomic E-state index is 0.0651. The van der Waals surface area contributed by atoms with Crippen LogP contribution in [0.5, 0.6) is 0 Å². The quantitative estimate of drug-likeness (QED) is 0.297. The van der Waals surface area contributed by atoms with Crippen LogP contribution in [0.1, 0.15) is 72.6 Å². The van der Waals surface area contributed by atoms with Gasteiger partial charge < -0.3 is 19.3 Å². The van der Waals surface area contributed by atoms with Crippen molar-refractivity contribution in [1.82, 2.24) is 0 Å². The molecular weight excluding hydrogens is 344 g/mol. The van der Waals surface area contributed by atoms with E-state index in [1.807, 2.05) is 0 Å². The molecule has 0 aromatic carbocycles. The van der Waals surface area contributed by atoms with Gasteiger partial charge in [0.15, 0.2) is 0 Å². The van der Waals surface area contributed by atoms with Crippen molar-refractivity contribution in [2.75, 3.05) is 0 Å². The van der Waals surface area contributed by atoms with Crippen LogP contribution in [0.4, 0.5) is 0 Å². The molecule has 0 unspecified atom stereocenters. The van der Waals surface area contributed by atoms with Crippen LogP contribution in [0, 0.1) is 0 Å². The molecule has 8 nitrogen and oxygen atoms in total. The first kappa shape index (κ1) is 23.9. The molecule has 8 heteroatoms. The van der Waals surface area contributed by atoms with E-state index in [4.69, 9.17) is 14.2 Å². The molecule has 0 saturated heterocycles. The van der Waals surface area contributed by atoms with E-state index >= 15 is 0 Å². The van der Waals surface area contributed by atoms with Crippen molar-refractivity contribution >= 4 is 23.9 Å². The molecule has 0 aliphatic rings. The Labute approximate surface area is 154 Å². The molecular formula is C18H30O8. The van der Waals surface area contributed by atoms with Gasteiger partial charge in [0.25, 0.3) is 0 Å². The third kappa shape index (κ3) is 9.39. The van der Waals surface area contributed by atoms with Crippen LogP contribution in [-0.4, -0.2) is 47.3 Å². The van der Waals surface area contributed by atoms with Gasteiger partial charge in [0.2, 0.25) is 12.2 Å². The van der Waals surface area contributed by atoms with E-state index in [0.717, 1.165) is 25.7 Å². The number of hydrogen-bond donors (Lipinski definition) is 1. The predicted octanol–water partition coefficient (Wildman–Crippen LogP) is 2.62. The van der Waals surface area contributed by atoms with Crippen LogP contribution in [0.3, 0.4) is 0 Å². The number of unbranched alkanes of at least 4 members (excludes halogenated alkanes) is 3. The highest BCUT2D eigenvalue weighted by Crippen LogP contribution is 2.14. The largest absolute Gasteiger partial charge is 0.478 e. The molecule has 0 bridgehead atoms. The fourth-order valence-electron chi connectivity index (χ4n) is 2.11. The van der Waals surface area contributed by atoms with Crippen LogP contribution in [-0.2, 0) is 33.4 Å². The van der Waals surface area contributed by atoms with Crippen molar-refractivity contribution in [3.05, 3.63) is 0 Å². The second-order valence-corrected chi connectivity index (χ2v) is 5.96. The Bertz CT molecular complexity index is 474. The molecule has 0 aromatic rings. The van der Waals surface area contributed by atoms with Gasteiger partial charge in [0.1, 0.15) is 0 Å². The minimum Gasteiger partial charge on any atom is -0.478 e. The van der Waals surface area contributed by atoms with Gasteiger partial charge in [-0.3, -0.25) is 9.59 Å². The van der Waals surface area contributed by atoms with E-state index in [1.165, 1.54) is 13.8 Å². The van der Waals surface area contributed by atoms with Gasteiger partial charge in [-0.05, 0) is 19.8 Å². The van der Waals surface area contributed by atoms with Crippen LogP contribution < -0.4 is 0 Å². The number of carbonyl (C=O) groups excluding carboxylic acids is 3. The molecule has 0 aliphatic heterocycles. The summed E-state index contributed by atoms with van der Waals surface area (Å²) >= 11 is 0. The monoisotopic (exact) mass is 374 g/mol. The molecule has 0 saturated carbocycles. The number of aliphatic carboxylic acids is 1. The number of rotatable bonds is 13. The van der Waals surface area contributed by atoms with Gasteiger partial charge in [-0.15, -0.1) is 0 Å². The van der Waals surface area contributed by atoms with Crippen molar-refractivity contribution in [3.63, 3.8) is 0 Å². The normalized spacial score (nSPS) is 14.0. The Kier molecular flexibility index (Phi) is 12.1. The zero-order chi connectivity index (χ0) is 20.1. The molecule has 26 heavy (non-hydrogen) atoms. The van der Waals surface area contributed by atoms with E-state index in [1.54, 1.807) is 6.92 Å². The van der Waals surface area contributed by atoms with E-state index in [0.29, 0.717) is 6.42 Å². The molecule has 0 spiro atoms. The maximum Gasteiger partial charge on any atom is 0.352 e. The van der Waals surface area contributed by atoms with Gasteiger partial charge in [-0.25, -0.2) is 9.59 Å². The first-order chi connectivity index (χ1) is 12.3. The molecule has 0 heterocycles. The molecule has 1 N–H and O–H groups in total. The summed E-state index contributed by atoms with van der Waals surface area (Å²) in [6, 6.07) is 0. The van der Waals surface area contributed by atoms with Crippen molar-refractivity contribution < 1.29 is 38.5 Å². The summed E-state index contributed by atoms with van der Waals surface area (Å²) in [6.45, 7) is 6.73. The number of carboxylic acids is 1. The SMILES string of the molecule is CCCCCC[C@H](C)OC(=O)[C@H](OC(=O)CC)[C@@H](OC(=O)CC)C(=O)O. The Balaban J connectivity index is 5.07. The molecule has 0 rings (SSSR count). The Morgan fingerprint density at radius 1 is 0.808 bits per heavy atom. The van der Waals surface area contributed by atoms with E-state index < -0.39 is 42.2 Å². The third-order valence-electron chi connectivity index (χ3n) is 3.63. The van der Waals surface area contributed by atoms with Crippen molar-refractivity contribution in [2.24, 2.45) is 0 Å². The van der Waals surface area contributed by atoms with Crippen molar-refractivity contribution in [1.29, 1.82) is 0 Å². The van der Waals surface area contributed by atoms with Gasteiger partial charge >= 0.3 is 23.9 Å². The van der Waals surface area contributed by atoms with Gasteiger partial charge in [0.05, 0.1) is 6.10 Å². The topological polar surface area (TPSA) is 116 Å². The predicted molar refractivity (Wildman–Crippen MR) is 92.3 cm³/mol. The number of carboxylic acid groups (broad SMARTS) is 1. The lowest BCUT2D eigenvalue weighted by Gasteiger charge is -2.24. The second kappa shape index (κ2) is 13.1. The summed E-state index contributed by atoms with van der Waals surface area (Å²) < 4.78 is 14.9. The van der Waals surface area contributed by atoms with Gasteiger partial charge in [0, 0.05) is 12.8 Å². The van der Waals surface area contributed by atoms with Crippen LogP contribution >= 0.6 is 0 Å². The smallest absolute Gasteiger partial charge is 0.352 e. The highest BCUT2D eigenvalue weighted by atomic mass is 16.6. The number of ether oxygens (including phenoxy) is 3. The Hall–Kier alpha value is -2.12. The molecule has 0 radical (unpaired) electrons. The molecule has 0 fully saturated rings. The molecule has 0 aromatic heterocycles. The van der Waals surface area contributed by atoms with E-state index in [9.17, 15) is 24.3 Å². The lowest BCUT2D eigenvalue weighted by molar-refractivity contribution is -0.191. The number of carbonyl (C=O) groups is 4. The van der Waals surface area contributed by atoms with Gasteiger partial charge in [-0.1, -0.05) is 40.0 Å². The second-order valence-electron chi connectivity index (χ2n) is 5.96. The van der Waals surface area contributed by atoms with Gasteiger partial charge in [-0.2, -0.15) is 0 Å². The van der Waals surface area contributed by atoms with E-state index in [-0.39, 0.29) is 12.8 Å². The van der Waals surface area contributed by atoms with E-state index in [2.05, 4.69) is 6.92 Å². The average molecular weight is 374 g/mol. The summed E-state index contributed by atoms with van der Waals surface area (Å²) in [4.78, 5) is 46.8. The summed E-state index contributed by atoms with van der Waals surface area (Å²) in [7, 11) is 0. The zero-order valence-electron chi connectivity index (χ0n) is 16.0. The van der Waals surface area contributed by atoms with Crippen molar-refractivity contribution in [3.8, 4) is 0 Å². The molecule has 150 valence electrons. The maximum absolute atomic E-state index is 12.4. The summed E-state index contributed by atoms with van der Waals surface area (Å²) in [6.07, 6.45) is 0.202. The lowest BCUT2D eigenvalue weighted by atomic mass is 10.1. The fraction of sp³-hybridized carbons (Fsp3) is 0.778. The standard InChI is InChI=1S/C18H30O8/c1-5-8-9-10-11-12(4)24-18(23)16(26-14(20)7-3)15(17(21)22)25-13(19)6-2/h12,15-16H,5-11H2,1-4H3,(H,21,22)/t12-,15+,16+/m0/s1. The lowest BCUT2D eigenvalue weighted by Crippen LogP contribution is -2.47. The van der Waals surface area contributed by atoms with Crippen LogP contribution in [0.25, 0.3) is 0 Å². The summed E-state index contributed by atoms with van der Waals surface area (Å²) in [5.74, 6) is -4.24. The summed E-state index contributed by atoms with van der Waals surface area (Å²) in [5, 5.41) is 9.28. The molecule has 3 atom stereocenters. The summed E-state index contributed by atoms with van der Waals surface area (Å²) in [5.41, 5.74) is 0. The minimum atomic E-state index is -1.95. The number of esters is 3. The molecule has 0 aliphatic carbocycles. The van der Waals surface area contributed by atoms with Crippen molar-refractivity contribution in [2.45, 2.75) is 91.0 Å². The van der Waals surface area contributed by atoms with Crippen LogP contribution in [0.2, 0.25) is 0 Å². The fourth-order valence-corrected chi connectivity index (χ4v) is 2.11. The van der Waals surface area contributed by atoms with Crippen LogP contribution in [0.15, 0.2) is 0 Å². The molecule has 0 amide bonds. The Morgan fingerprint density at radius 3 is 1.81 bits per heavy atom.